The molecule has 0 aromatic carbocycles. The molecule has 0 fully saturated rings. The maximum absolute atomic E-state index is 5.72. The number of nitrogens with two attached hydrogens (primary N) is 1. The molecule has 0 aliphatic heterocycles. The number of thiocarbonyl (C=S) groups is 1. The van der Waals surface area contributed by atoms with Crippen molar-refractivity contribution in [1.29, 1.82) is 0 Å². The number of thiophene rings is 1. The number of pyridine rings is 1. The summed E-state index contributed by atoms with van der Waals surface area (Å²) in [5, 5.41) is 2.05. The number of hydrogen-bond acceptors (Lipinski definition) is 3. The number of aryl methyl sites for hydroxylation is 1. The third-order valence-corrected chi connectivity index (χ3v) is 4.00. The fourth-order valence-electron chi connectivity index (χ4n) is 2.14. The molecule has 0 aliphatic carbocycles. The molecule has 0 aliphatic rings. The Hall–Kier alpha value is -1.72. The second-order valence-corrected chi connectivity index (χ2v) is 5.93. The lowest BCUT2D eigenvalue weighted by atomic mass is 10.2. The number of fused-ring (bicyclic) bond motifs is 1. The van der Waals surface area contributed by atoms with Gasteiger partial charge in [-0.15, -0.1) is 11.3 Å². The van der Waals surface area contributed by atoms with Gasteiger partial charge in [0.05, 0.1) is 15.6 Å². The van der Waals surface area contributed by atoms with E-state index < -0.39 is 0 Å². The van der Waals surface area contributed by atoms with Gasteiger partial charge in [0, 0.05) is 12.6 Å². The quantitative estimate of drug-likeness (QED) is 0.752. The van der Waals surface area contributed by atoms with E-state index in [0.717, 1.165) is 21.9 Å². The molecule has 0 bridgehead atoms. The Labute approximate surface area is 120 Å². The van der Waals surface area contributed by atoms with E-state index in [2.05, 4.69) is 34.9 Å². The average molecular weight is 287 g/mol. The first kappa shape index (κ1) is 12.3. The highest BCUT2D eigenvalue weighted by atomic mass is 32.1. The summed E-state index contributed by atoms with van der Waals surface area (Å²) >= 11 is 6.74. The molecule has 3 aromatic heterocycles. The molecule has 96 valence electrons. The van der Waals surface area contributed by atoms with Crippen LogP contribution in [0.1, 0.15) is 11.3 Å². The van der Waals surface area contributed by atoms with E-state index in [4.69, 9.17) is 22.9 Å². The van der Waals surface area contributed by atoms with Gasteiger partial charge in [0.25, 0.3) is 0 Å². The van der Waals surface area contributed by atoms with Gasteiger partial charge in [0.15, 0.2) is 0 Å². The molecule has 0 radical (unpaired) electrons. The largest absolute Gasteiger partial charge is 0.393 e. The van der Waals surface area contributed by atoms with Crippen LogP contribution >= 0.6 is 23.6 Å². The van der Waals surface area contributed by atoms with Gasteiger partial charge < -0.3 is 10.1 Å². The van der Waals surface area contributed by atoms with E-state index in [9.17, 15) is 0 Å². The van der Waals surface area contributed by atoms with Crippen molar-refractivity contribution in [3.63, 3.8) is 0 Å². The number of rotatable bonds is 3. The van der Waals surface area contributed by atoms with Crippen LogP contribution in [0.4, 0.5) is 0 Å². The van der Waals surface area contributed by atoms with Crippen molar-refractivity contribution >= 4 is 34.2 Å². The Balaban J connectivity index is 2.27. The predicted molar refractivity (Wildman–Crippen MR) is 83.7 cm³/mol. The lowest BCUT2D eigenvalue weighted by Crippen LogP contribution is -2.13. The van der Waals surface area contributed by atoms with E-state index in [1.54, 1.807) is 11.3 Å². The van der Waals surface area contributed by atoms with Gasteiger partial charge in [-0.1, -0.05) is 18.3 Å². The summed E-state index contributed by atoms with van der Waals surface area (Å²) in [7, 11) is 0. The van der Waals surface area contributed by atoms with E-state index in [0.29, 0.717) is 11.4 Å². The van der Waals surface area contributed by atoms with Gasteiger partial charge in [-0.05, 0) is 36.1 Å². The number of hydrogen-bond donors (Lipinski definition) is 1. The summed E-state index contributed by atoms with van der Waals surface area (Å²) in [6, 6.07) is 8.23. The summed E-state index contributed by atoms with van der Waals surface area (Å²) in [6.45, 7) is 2.06. The van der Waals surface area contributed by atoms with Crippen molar-refractivity contribution in [2.45, 2.75) is 13.3 Å². The highest BCUT2D eigenvalue weighted by Crippen LogP contribution is 2.29. The number of nitrogens with zero attached hydrogens (tertiary/aromatic N) is 2. The topological polar surface area (TPSA) is 43.3 Å². The second kappa shape index (κ2) is 4.75. The lowest BCUT2D eigenvalue weighted by molar-refractivity contribution is 1.07. The summed E-state index contributed by atoms with van der Waals surface area (Å²) < 4.78 is 2.07. The molecule has 3 heterocycles. The Bertz CT molecular complexity index is 741. The Morgan fingerprint density at radius 3 is 3.00 bits per heavy atom. The molecule has 0 saturated heterocycles. The molecule has 0 unspecified atom stereocenters. The average Bonchev–Trinajstić information content (AvgIpc) is 2.96. The minimum atomic E-state index is 0.486. The highest BCUT2D eigenvalue weighted by Gasteiger charge is 2.15. The second-order valence-electron chi connectivity index (χ2n) is 4.46. The van der Waals surface area contributed by atoms with Crippen molar-refractivity contribution in [2.75, 3.05) is 0 Å². The van der Waals surface area contributed by atoms with E-state index in [1.165, 1.54) is 5.56 Å². The zero-order valence-electron chi connectivity index (χ0n) is 10.5. The van der Waals surface area contributed by atoms with Crippen molar-refractivity contribution < 1.29 is 0 Å². The third kappa shape index (κ3) is 2.27. The SMILES string of the molecule is Cc1ccn2c(CC(N)=S)c(-c3cccs3)nc2c1. The highest BCUT2D eigenvalue weighted by molar-refractivity contribution is 7.80. The van der Waals surface area contributed by atoms with E-state index in [1.807, 2.05) is 12.3 Å². The summed E-state index contributed by atoms with van der Waals surface area (Å²) in [4.78, 5) is 6.36. The zero-order chi connectivity index (χ0) is 13.4. The number of imidazole rings is 1. The Morgan fingerprint density at radius 1 is 1.47 bits per heavy atom. The molecule has 2 N–H and O–H groups in total. The fourth-order valence-corrected chi connectivity index (χ4v) is 3.01. The zero-order valence-corrected chi connectivity index (χ0v) is 12.1. The predicted octanol–water partition coefficient (Wildman–Crippen LogP) is 3.20. The summed E-state index contributed by atoms with van der Waals surface area (Å²) in [5.74, 6) is 0. The molecular formula is C14H13N3S2. The Morgan fingerprint density at radius 2 is 2.32 bits per heavy atom. The minimum absolute atomic E-state index is 0.486. The molecule has 3 rings (SSSR count). The van der Waals surface area contributed by atoms with Crippen molar-refractivity contribution in [3.05, 3.63) is 47.1 Å². The normalized spacial score (nSPS) is 11.0. The van der Waals surface area contributed by atoms with Crippen LogP contribution in [0.3, 0.4) is 0 Å². The van der Waals surface area contributed by atoms with E-state index >= 15 is 0 Å². The maximum atomic E-state index is 5.72. The van der Waals surface area contributed by atoms with Crippen LogP contribution in [0.5, 0.6) is 0 Å². The molecule has 5 heteroatoms. The first-order valence-electron chi connectivity index (χ1n) is 5.95. The minimum Gasteiger partial charge on any atom is -0.393 e. The van der Waals surface area contributed by atoms with Crippen LogP contribution < -0.4 is 5.73 Å². The molecular weight excluding hydrogens is 274 g/mol. The molecule has 3 nitrogen and oxygen atoms in total. The van der Waals surface area contributed by atoms with Crippen LogP contribution in [0.15, 0.2) is 35.8 Å². The first-order chi connectivity index (χ1) is 9.15. The molecule has 0 saturated carbocycles. The van der Waals surface area contributed by atoms with Crippen LogP contribution in [0, 0.1) is 6.92 Å². The molecule has 19 heavy (non-hydrogen) atoms. The lowest BCUT2D eigenvalue weighted by Gasteiger charge is -2.03. The van der Waals surface area contributed by atoms with Gasteiger partial charge in [0.2, 0.25) is 0 Å². The van der Waals surface area contributed by atoms with Gasteiger partial charge in [0.1, 0.15) is 11.3 Å². The van der Waals surface area contributed by atoms with Crippen molar-refractivity contribution in [3.8, 4) is 10.6 Å². The third-order valence-electron chi connectivity index (χ3n) is 2.98. The van der Waals surface area contributed by atoms with Gasteiger partial charge in [-0.2, -0.15) is 0 Å². The molecule has 0 amide bonds. The van der Waals surface area contributed by atoms with Crippen LogP contribution in [0.2, 0.25) is 0 Å². The maximum Gasteiger partial charge on any atom is 0.137 e. The molecule has 0 atom stereocenters. The number of aromatic nitrogens is 2. The van der Waals surface area contributed by atoms with Gasteiger partial charge in [-0.3, -0.25) is 0 Å². The Kier molecular flexibility index (Phi) is 3.08. The van der Waals surface area contributed by atoms with Crippen LogP contribution in [-0.2, 0) is 6.42 Å². The first-order valence-corrected chi connectivity index (χ1v) is 7.23. The van der Waals surface area contributed by atoms with Gasteiger partial charge >= 0.3 is 0 Å². The summed E-state index contributed by atoms with van der Waals surface area (Å²) in [6.07, 6.45) is 2.59. The van der Waals surface area contributed by atoms with Crippen molar-refractivity contribution in [2.24, 2.45) is 5.73 Å². The van der Waals surface area contributed by atoms with Crippen molar-refractivity contribution in [1.82, 2.24) is 9.38 Å². The van der Waals surface area contributed by atoms with Gasteiger partial charge in [-0.25, -0.2) is 4.98 Å². The van der Waals surface area contributed by atoms with Crippen LogP contribution in [-0.4, -0.2) is 14.4 Å². The monoisotopic (exact) mass is 287 g/mol. The summed E-state index contributed by atoms with van der Waals surface area (Å²) in [5.41, 5.74) is 9.89. The smallest absolute Gasteiger partial charge is 0.137 e. The van der Waals surface area contributed by atoms with Crippen LogP contribution in [0.25, 0.3) is 16.2 Å². The molecule has 0 spiro atoms. The standard InChI is InChI=1S/C14H13N3S2/c1-9-4-5-17-10(8-12(15)18)14(16-13(17)7-9)11-3-2-6-19-11/h2-7H,8H2,1H3,(H2,15,18). The van der Waals surface area contributed by atoms with E-state index in [-0.39, 0.29) is 0 Å². The molecule has 3 aromatic rings. The fraction of sp³-hybridized carbons (Fsp3) is 0.143.